The van der Waals surface area contributed by atoms with Crippen molar-refractivity contribution >= 4 is 5.97 Å². The maximum atomic E-state index is 12.3. The van der Waals surface area contributed by atoms with E-state index in [0.29, 0.717) is 18.4 Å². The first-order valence-corrected chi connectivity index (χ1v) is 6.68. The van der Waals surface area contributed by atoms with E-state index >= 15 is 0 Å². The molecule has 0 N–H and O–H groups in total. The van der Waals surface area contributed by atoms with Gasteiger partial charge in [-0.25, -0.2) is 0 Å². The van der Waals surface area contributed by atoms with Crippen LogP contribution in [-0.4, -0.2) is 12.6 Å². The average molecular weight is 242 g/mol. The lowest BCUT2D eigenvalue weighted by Gasteiger charge is -2.41. The quantitative estimate of drug-likeness (QED) is 0.672. The van der Waals surface area contributed by atoms with Crippen molar-refractivity contribution in [1.82, 2.24) is 0 Å². The third-order valence-corrected chi connectivity index (χ3v) is 3.47. The number of esters is 1. The predicted molar refractivity (Wildman–Crippen MR) is 72.8 cm³/mol. The Hall–Kier alpha value is -0.530. The average Bonchev–Trinajstić information content (AvgIpc) is 2.10. The van der Waals surface area contributed by atoms with Gasteiger partial charge in [0.15, 0.2) is 0 Å². The summed E-state index contributed by atoms with van der Waals surface area (Å²) in [4.78, 5) is 12.3. The maximum Gasteiger partial charge on any atom is 0.312 e. The Morgan fingerprint density at radius 2 is 1.47 bits per heavy atom. The zero-order chi connectivity index (χ0) is 13.9. The molecular formula is C15H30O2. The highest BCUT2D eigenvalue weighted by Crippen LogP contribution is 2.44. The fourth-order valence-corrected chi connectivity index (χ4v) is 1.91. The molecule has 0 aromatic heterocycles. The highest BCUT2D eigenvalue weighted by molar-refractivity contribution is 5.77. The summed E-state index contributed by atoms with van der Waals surface area (Å²) >= 11 is 0. The van der Waals surface area contributed by atoms with Crippen molar-refractivity contribution in [2.75, 3.05) is 6.61 Å². The van der Waals surface area contributed by atoms with E-state index in [9.17, 15) is 4.79 Å². The van der Waals surface area contributed by atoms with Gasteiger partial charge in [-0.05, 0) is 30.6 Å². The van der Waals surface area contributed by atoms with Gasteiger partial charge in [-0.15, -0.1) is 0 Å². The van der Waals surface area contributed by atoms with Gasteiger partial charge in [0.05, 0.1) is 12.0 Å². The Labute approximate surface area is 107 Å². The fraction of sp³-hybridized carbons (Fsp3) is 0.933. The number of hydrogen-bond acceptors (Lipinski definition) is 2. The molecule has 0 aromatic carbocycles. The van der Waals surface area contributed by atoms with Gasteiger partial charge < -0.3 is 4.74 Å². The molecular weight excluding hydrogens is 212 g/mol. The summed E-state index contributed by atoms with van der Waals surface area (Å²) in [7, 11) is 0. The van der Waals surface area contributed by atoms with Gasteiger partial charge in [0.2, 0.25) is 0 Å². The van der Waals surface area contributed by atoms with Gasteiger partial charge in [0.1, 0.15) is 0 Å². The molecule has 2 heteroatoms. The third-order valence-electron chi connectivity index (χ3n) is 3.47. The van der Waals surface area contributed by atoms with Gasteiger partial charge in [-0.1, -0.05) is 48.5 Å². The Morgan fingerprint density at radius 1 is 1.00 bits per heavy atom. The van der Waals surface area contributed by atoms with Crippen molar-refractivity contribution < 1.29 is 9.53 Å². The zero-order valence-corrected chi connectivity index (χ0v) is 12.9. The van der Waals surface area contributed by atoms with Crippen molar-refractivity contribution in [3.8, 4) is 0 Å². The van der Waals surface area contributed by atoms with Gasteiger partial charge in [0.25, 0.3) is 0 Å². The van der Waals surface area contributed by atoms with Crippen LogP contribution in [0.5, 0.6) is 0 Å². The largest absolute Gasteiger partial charge is 0.465 e. The Bertz CT molecular complexity index is 248. The molecule has 2 nitrogen and oxygen atoms in total. The van der Waals surface area contributed by atoms with Crippen LogP contribution in [-0.2, 0) is 9.53 Å². The standard InChI is InChI=1S/C15H30O2/c1-11(2)9-15(8,14(5,6)7)13(16)17-10-12(3)4/h11-12H,9-10H2,1-8H3. The monoisotopic (exact) mass is 242 g/mol. The second-order valence-electron chi connectivity index (χ2n) is 7.17. The van der Waals surface area contributed by atoms with E-state index in [1.165, 1.54) is 0 Å². The molecule has 1 unspecified atom stereocenters. The molecule has 0 fully saturated rings. The SMILES string of the molecule is CC(C)COC(=O)C(C)(CC(C)C)C(C)(C)C. The fourth-order valence-electron chi connectivity index (χ4n) is 1.91. The van der Waals surface area contributed by atoms with Crippen LogP contribution in [0, 0.1) is 22.7 Å². The normalized spacial score (nSPS) is 16.1. The van der Waals surface area contributed by atoms with Crippen LogP contribution in [0.4, 0.5) is 0 Å². The summed E-state index contributed by atoms with van der Waals surface area (Å²) in [5.74, 6) is 0.834. The summed E-state index contributed by atoms with van der Waals surface area (Å²) < 4.78 is 5.46. The van der Waals surface area contributed by atoms with Gasteiger partial charge >= 0.3 is 5.97 Å². The molecule has 1 atom stereocenters. The van der Waals surface area contributed by atoms with E-state index < -0.39 is 5.41 Å². The van der Waals surface area contributed by atoms with E-state index in [4.69, 9.17) is 4.74 Å². The van der Waals surface area contributed by atoms with Crippen molar-refractivity contribution in [2.24, 2.45) is 22.7 Å². The Morgan fingerprint density at radius 3 is 1.76 bits per heavy atom. The molecule has 0 rings (SSSR count). The molecule has 0 saturated heterocycles. The predicted octanol–water partition coefficient (Wildman–Crippen LogP) is 4.28. The van der Waals surface area contributed by atoms with Crippen molar-refractivity contribution in [1.29, 1.82) is 0 Å². The lowest BCUT2D eigenvalue weighted by molar-refractivity contribution is -0.164. The second-order valence-corrected chi connectivity index (χ2v) is 7.17. The summed E-state index contributed by atoms with van der Waals surface area (Å²) in [6.07, 6.45) is 0.868. The molecule has 17 heavy (non-hydrogen) atoms. The molecule has 0 aromatic rings. The first-order valence-electron chi connectivity index (χ1n) is 6.68. The molecule has 0 radical (unpaired) electrons. The van der Waals surface area contributed by atoms with Crippen molar-refractivity contribution in [2.45, 2.75) is 61.8 Å². The smallest absolute Gasteiger partial charge is 0.312 e. The lowest BCUT2D eigenvalue weighted by Crippen LogP contribution is -2.43. The summed E-state index contributed by atoms with van der Waals surface area (Å²) in [5, 5.41) is 0. The van der Waals surface area contributed by atoms with E-state index in [1.807, 2.05) is 6.92 Å². The zero-order valence-electron chi connectivity index (χ0n) is 12.9. The molecule has 0 bridgehead atoms. The van der Waals surface area contributed by atoms with Crippen LogP contribution >= 0.6 is 0 Å². The third kappa shape index (κ3) is 4.69. The minimum Gasteiger partial charge on any atom is -0.465 e. The molecule has 0 aliphatic carbocycles. The van der Waals surface area contributed by atoms with Crippen LogP contribution in [0.25, 0.3) is 0 Å². The highest BCUT2D eigenvalue weighted by Gasteiger charge is 2.45. The number of rotatable bonds is 5. The second kappa shape index (κ2) is 5.88. The van der Waals surface area contributed by atoms with Crippen LogP contribution in [0.1, 0.15) is 61.8 Å². The molecule has 0 amide bonds. The number of carbonyl (C=O) groups is 1. The van der Waals surface area contributed by atoms with Crippen LogP contribution in [0.3, 0.4) is 0 Å². The van der Waals surface area contributed by atoms with E-state index in [2.05, 4.69) is 48.5 Å². The highest BCUT2D eigenvalue weighted by atomic mass is 16.5. The van der Waals surface area contributed by atoms with Gasteiger partial charge in [0, 0.05) is 0 Å². The van der Waals surface area contributed by atoms with Crippen LogP contribution in [0.2, 0.25) is 0 Å². The minimum absolute atomic E-state index is 0.0487. The molecule has 0 saturated carbocycles. The summed E-state index contributed by atoms with van der Waals surface area (Å²) in [6, 6.07) is 0. The maximum absolute atomic E-state index is 12.3. The van der Waals surface area contributed by atoms with Crippen LogP contribution in [0.15, 0.2) is 0 Å². The van der Waals surface area contributed by atoms with Crippen LogP contribution < -0.4 is 0 Å². The minimum atomic E-state index is -0.407. The van der Waals surface area contributed by atoms with Gasteiger partial charge in [-0.3, -0.25) is 4.79 Å². The van der Waals surface area contributed by atoms with Crippen molar-refractivity contribution in [3.63, 3.8) is 0 Å². The Kier molecular flexibility index (Phi) is 5.70. The Balaban J connectivity index is 4.87. The van der Waals surface area contributed by atoms with E-state index in [0.717, 1.165) is 6.42 Å². The van der Waals surface area contributed by atoms with E-state index in [1.54, 1.807) is 0 Å². The first kappa shape index (κ1) is 16.5. The van der Waals surface area contributed by atoms with Crippen molar-refractivity contribution in [3.05, 3.63) is 0 Å². The summed E-state index contributed by atoms with van der Waals surface area (Å²) in [6.45, 7) is 17.3. The number of carbonyl (C=O) groups excluding carboxylic acids is 1. The molecule has 0 aliphatic heterocycles. The molecule has 102 valence electrons. The first-order chi connectivity index (χ1) is 7.50. The molecule has 0 aliphatic rings. The summed E-state index contributed by atoms with van der Waals surface area (Å²) in [5.41, 5.74) is -0.485. The van der Waals surface area contributed by atoms with Gasteiger partial charge in [-0.2, -0.15) is 0 Å². The number of ether oxygens (including phenoxy) is 1. The van der Waals surface area contributed by atoms with E-state index in [-0.39, 0.29) is 11.4 Å². The topological polar surface area (TPSA) is 26.3 Å². The number of hydrogen-bond donors (Lipinski definition) is 0. The molecule has 0 spiro atoms. The molecule has 0 heterocycles. The lowest BCUT2D eigenvalue weighted by atomic mass is 9.64.